The number of rotatable bonds is 3. The summed E-state index contributed by atoms with van der Waals surface area (Å²) in [5, 5.41) is 2.53. The van der Waals surface area contributed by atoms with E-state index in [-0.39, 0.29) is 5.91 Å². The maximum Gasteiger partial charge on any atom is 0.449 e. The number of halogens is 3. The zero-order valence-corrected chi connectivity index (χ0v) is 13.5. The van der Waals surface area contributed by atoms with Crippen molar-refractivity contribution in [2.24, 2.45) is 0 Å². The van der Waals surface area contributed by atoms with Crippen molar-refractivity contribution in [1.82, 2.24) is 19.8 Å². The molecule has 3 heterocycles. The number of morpholine rings is 1. The SMILES string of the molecule is CNC(=O)C1CN(Cc2nc(C(F)(F)F)n3c2CCCC3)CCO1. The Bertz CT molecular complexity index is 615. The minimum atomic E-state index is -4.44. The highest BCUT2D eigenvalue weighted by Crippen LogP contribution is 2.33. The van der Waals surface area contributed by atoms with E-state index in [4.69, 9.17) is 4.74 Å². The molecule has 0 aliphatic carbocycles. The van der Waals surface area contributed by atoms with Gasteiger partial charge in [0.2, 0.25) is 11.7 Å². The molecular weight excluding hydrogens is 325 g/mol. The number of imidazole rings is 1. The third kappa shape index (κ3) is 3.41. The molecule has 0 spiro atoms. The van der Waals surface area contributed by atoms with Crippen LogP contribution in [-0.4, -0.2) is 53.2 Å². The van der Waals surface area contributed by atoms with Gasteiger partial charge < -0.3 is 14.6 Å². The molecule has 1 aromatic heterocycles. The van der Waals surface area contributed by atoms with Gasteiger partial charge >= 0.3 is 6.18 Å². The molecule has 1 saturated heterocycles. The number of nitrogens with one attached hydrogen (secondary N) is 1. The molecule has 1 aromatic rings. The quantitative estimate of drug-likeness (QED) is 0.893. The smallest absolute Gasteiger partial charge is 0.366 e. The maximum absolute atomic E-state index is 13.2. The summed E-state index contributed by atoms with van der Waals surface area (Å²) in [5.41, 5.74) is 1.15. The molecule has 1 atom stereocenters. The first-order chi connectivity index (χ1) is 11.4. The van der Waals surface area contributed by atoms with Crippen molar-refractivity contribution in [1.29, 1.82) is 0 Å². The van der Waals surface area contributed by atoms with Gasteiger partial charge in [-0.15, -0.1) is 0 Å². The van der Waals surface area contributed by atoms with Gasteiger partial charge in [0.15, 0.2) is 0 Å². The molecule has 3 rings (SSSR count). The van der Waals surface area contributed by atoms with Crippen LogP contribution in [0.5, 0.6) is 0 Å². The minimum Gasteiger partial charge on any atom is -0.366 e. The summed E-state index contributed by atoms with van der Waals surface area (Å²) in [5.74, 6) is -1.02. The van der Waals surface area contributed by atoms with Gasteiger partial charge in [0, 0.05) is 38.9 Å². The first kappa shape index (κ1) is 17.2. The Morgan fingerprint density at radius 1 is 1.38 bits per heavy atom. The molecule has 2 aliphatic rings. The van der Waals surface area contributed by atoms with Crippen LogP contribution in [0.15, 0.2) is 0 Å². The minimum absolute atomic E-state index is 0.220. The molecular formula is C15H21F3N4O2. The molecule has 1 unspecified atom stereocenters. The Labute approximate surface area is 138 Å². The lowest BCUT2D eigenvalue weighted by molar-refractivity contribution is -0.147. The zero-order valence-electron chi connectivity index (χ0n) is 13.5. The van der Waals surface area contributed by atoms with Gasteiger partial charge in [-0.05, 0) is 19.3 Å². The van der Waals surface area contributed by atoms with Crippen LogP contribution in [0.4, 0.5) is 13.2 Å². The van der Waals surface area contributed by atoms with Crippen LogP contribution >= 0.6 is 0 Å². The number of ether oxygens (including phenoxy) is 1. The van der Waals surface area contributed by atoms with Gasteiger partial charge in [0.25, 0.3) is 0 Å². The number of carbonyl (C=O) groups is 1. The van der Waals surface area contributed by atoms with E-state index in [1.165, 1.54) is 11.6 Å². The molecule has 24 heavy (non-hydrogen) atoms. The predicted octanol–water partition coefficient (Wildman–Crippen LogP) is 1.18. The monoisotopic (exact) mass is 346 g/mol. The summed E-state index contributed by atoms with van der Waals surface area (Å²) in [4.78, 5) is 17.5. The summed E-state index contributed by atoms with van der Waals surface area (Å²) in [6.07, 6.45) is -2.81. The summed E-state index contributed by atoms with van der Waals surface area (Å²) < 4.78 is 46.4. The number of fused-ring (bicyclic) bond motifs is 1. The molecule has 0 saturated carbocycles. The van der Waals surface area contributed by atoms with Gasteiger partial charge in [-0.1, -0.05) is 0 Å². The van der Waals surface area contributed by atoms with E-state index in [0.29, 0.717) is 50.6 Å². The second-order valence-corrected chi connectivity index (χ2v) is 6.14. The molecule has 0 aromatic carbocycles. The van der Waals surface area contributed by atoms with Gasteiger partial charge in [-0.25, -0.2) is 4.98 Å². The van der Waals surface area contributed by atoms with Crippen molar-refractivity contribution in [2.75, 3.05) is 26.7 Å². The van der Waals surface area contributed by atoms with E-state index >= 15 is 0 Å². The molecule has 0 bridgehead atoms. The number of hydrogen-bond donors (Lipinski definition) is 1. The van der Waals surface area contributed by atoms with Gasteiger partial charge in [-0.3, -0.25) is 9.69 Å². The number of aromatic nitrogens is 2. The first-order valence-electron chi connectivity index (χ1n) is 8.11. The van der Waals surface area contributed by atoms with Crippen molar-refractivity contribution in [3.05, 3.63) is 17.2 Å². The number of carbonyl (C=O) groups excluding carboxylic acids is 1. The van der Waals surface area contributed by atoms with Crippen molar-refractivity contribution >= 4 is 5.91 Å². The van der Waals surface area contributed by atoms with Crippen LogP contribution in [0.1, 0.15) is 30.1 Å². The van der Waals surface area contributed by atoms with E-state index in [1.54, 1.807) is 0 Å². The number of likely N-dealkylation sites (N-methyl/N-ethyl adjacent to an activating group) is 1. The number of alkyl halides is 3. The molecule has 134 valence electrons. The summed E-state index contributed by atoms with van der Waals surface area (Å²) in [6.45, 7) is 1.97. The van der Waals surface area contributed by atoms with E-state index < -0.39 is 18.1 Å². The summed E-state index contributed by atoms with van der Waals surface area (Å²) >= 11 is 0. The molecule has 9 heteroatoms. The van der Waals surface area contributed by atoms with Crippen LogP contribution in [0.25, 0.3) is 0 Å². The topological polar surface area (TPSA) is 59.4 Å². The largest absolute Gasteiger partial charge is 0.449 e. The van der Waals surface area contributed by atoms with E-state index in [2.05, 4.69) is 10.3 Å². The Morgan fingerprint density at radius 2 is 2.17 bits per heavy atom. The average molecular weight is 346 g/mol. The highest BCUT2D eigenvalue weighted by atomic mass is 19.4. The summed E-state index contributed by atoms with van der Waals surface area (Å²) in [6, 6.07) is 0. The molecule has 6 nitrogen and oxygen atoms in total. The lowest BCUT2D eigenvalue weighted by Crippen LogP contribution is -2.48. The Hall–Kier alpha value is -1.61. The van der Waals surface area contributed by atoms with Crippen LogP contribution in [-0.2, 0) is 35.2 Å². The van der Waals surface area contributed by atoms with Gasteiger partial charge in [0.1, 0.15) is 6.10 Å². The predicted molar refractivity (Wildman–Crippen MR) is 79.3 cm³/mol. The highest BCUT2D eigenvalue weighted by molar-refractivity contribution is 5.80. The Balaban J connectivity index is 1.80. The Morgan fingerprint density at radius 3 is 2.88 bits per heavy atom. The van der Waals surface area contributed by atoms with Gasteiger partial charge in [0.05, 0.1) is 12.3 Å². The maximum atomic E-state index is 13.2. The first-order valence-corrected chi connectivity index (χ1v) is 8.11. The fourth-order valence-corrected chi connectivity index (χ4v) is 3.34. The van der Waals surface area contributed by atoms with Crippen molar-refractivity contribution in [3.8, 4) is 0 Å². The van der Waals surface area contributed by atoms with Crippen LogP contribution in [0.3, 0.4) is 0 Å². The molecule has 2 aliphatic heterocycles. The standard InChI is InChI=1S/C15H21F3N4O2/c1-19-13(23)12-9-21(6-7-24-12)8-10-11-4-2-3-5-22(11)14(20-10)15(16,17)18/h12H,2-9H2,1H3,(H,19,23). The number of nitrogens with zero attached hydrogens (tertiary/aromatic N) is 3. The lowest BCUT2D eigenvalue weighted by atomic mass is 10.1. The fourth-order valence-electron chi connectivity index (χ4n) is 3.34. The van der Waals surface area contributed by atoms with E-state index in [9.17, 15) is 18.0 Å². The normalized spacial score (nSPS) is 22.2. The highest BCUT2D eigenvalue weighted by Gasteiger charge is 2.39. The van der Waals surface area contributed by atoms with E-state index in [1.807, 2.05) is 4.90 Å². The zero-order chi connectivity index (χ0) is 17.3. The second kappa shape index (κ2) is 6.72. The van der Waals surface area contributed by atoms with Crippen LogP contribution in [0.2, 0.25) is 0 Å². The molecule has 1 N–H and O–H groups in total. The number of hydrogen-bond acceptors (Lipinski definition) is 4. The molecule has 1 fully saturated rings. The third-order valence-electron chi connectivity index (χ3n) is 4.52. The number of amides is 1. The van der Waals surface area contributed by atoms with Crippen LogP contribution < -0.4 is 5.32 Å². The fraction of sp³-hybridized carbons (Fsp3) is 0.733. The van der Waals surface area contributed by atoms with Gasteiger partial charge in [-0.2, -0.15) is 13.2 Å². The lowest BCUT2D eigenvalue weighted by Gasteiger charge is -2.31. The summed E-state index contributed by atoms with van der Waals surface area (Å²) in [7, 11) is 1.53. The third-order valence-corrected chi connectivity index (χ3v) is 4.52. The van der Waals surface area contributed by atoms with Crippen molar-refractivity contribution in [2.45, 2.75) is 44.6 Å². The van der Waals surface area contributed by atoms with Crippen LogP contribution in [0, 0.1) is 0 Å². The Kier molecular flexibility index (Phi) is 4.82. The van der Waals surface area contributed by atoms with Crippen molar-refractivity contribution < 1.29 is 22.7 Å². The second-order valence-electron chi connectivity index (χ2n) is 6.14. The van der Waals surface area contributed by atoms with E-state index in [0.717, 1.165) is 12.8 Å². The van der Waals surface area contributed by atoms with Crippen molar-refractivity contribution in [3.63, 3.8) is 0 Å². The molecule has 1 amide bonds. The molecule has 0 radical (unpaired) electrons. The average Bonchev–Trinajstić information content (AvgIpc) is 2.93.